The molecule has 3 heterocycles. The van der Waals surface area contributed by atoms with Crippen LogP contribution in [0.25, 0.3) is 11.4 Å². The van der Waals surface area contributed by atoms with Gasteiger partial charge in [0.2, 0.25) is 0 Å². The van der Waals surface area contributed by atoms with Crippen LogP contribution in [-0.2, 0) is 13.6 Å². The molecule has 1 aliphatic heterocycles. The molecular formula is C17H18N6O. The molecule has 1 aliphatic rings. The van der Waals surface area contributed by atoms with Crippen molar-refractivity contribution in [1.29, 1.82) is 0 Å². The maximum atomic E-state index is 12.8. The summed E-state index contributed by atoms with van der Waals surface area (Å²) < 4.78 is 3.64. The van der Waals surface area contributed by atoms with Crippen molar-refractivity contribution in [3.63, 3.8) is 0 Å². The van der Waals surface area contributed by atoms with Gasteiger partial charge in [-0.05, 0) is 6.92 Å². The van der Waals surface area contributed by atoms with E-state index in [0.29, 0.717) is 24.6 Å². The zero-order valence-electron chi connectivity index (χ0n) is 13.6. The fourth-order valence-corrected chi connectivity index (χ4v) is 3.06. The average Bonchev–Trinajstić information content (AvgIpc) is 3.22. The SMILES string of the molecule is C[C@H]1c2nc(-c3ccccc3)nn2CCN1C(=O)c1cncn1C. The molecule has 4 rings (SSSR count). The second-order valence-electron chi connectivity index (χ2n) is 5.95. The molecule has 0 spiro atoms. The van der Waals surface area contributed by atoms with Crippen LogP contribution >= 0.6 is 0 Å². The summed E-state index contributed by atoms with van der Waals surface area (Å²) in [4.78, 5) is 23.3. The van der Waals surface area contributed by atoms with Gasteiger partial charge in [0.05, 0.1) is 25.1 Å². The lowest BCUT2D eigenvalue weighted by Crippen LogP contribution is -2.42. The van der Waals surface area contributed by atoms with Crippen LogP contribution in [0.5, 0.6) is 0 Å². The highest BCUT2D eigenvalue weighted by Crippen LogP contribution is 2.27. The molecule has 0 N–H and O–H groups in total. The number of carbonyl (C=O) groups excluding carboxylic acids is 1. The van der Waals surface area contributed by atoms with Crippen LogP contribution in [0.1, 0.15) is 29.3 Å². The Morgan fingerprint density at radius 1 is 1.21 bits per heavy atom. The number of carbonyl (C=O) groups is 1. The van der Waals surface area contributed by atoms with Gasteiger partial charge >= 0.3 is 0 Å². The van der Waals surface area contributed by atoms with E-state index in [1.54, 1.807) is 17.1 Å². The van der Waals surface area contributed by atoms with Gasteiger partial charge in [-0.25, -0.2) is 14.6 Å². The van der Waals surface area contributed by atoms with Gasteiger partial charge in [-0.3, -0.25) is 4.79 Å². The number of rotatable bonds is 2. The number of aryl methyl sites for hydroxylation is 1. The molecule has 0 saturated heterocycles. The Morgan fingerprint density at radius 3 is 2.71 bits per heavy atom. The molecule has 0 unspecified atom stereocenters. The average molecular weight is 322 g/mol. The van der Waals surface area contributed by atoms with E-state index >= 15 is 0 Å². The Hall–Kier alpha value is -2.96. The molecule has 3 aromatic rings. The third kappa shape index (κ3) is 2.29. The normalized spacial score (nSPS) is 16.9. The van der Waals surface area contributed by atoms with Crippen LogP contribution in [0, 0.1) is 0 Å². The number of hydrogen-bond acceptors (Lipinski definition) is 4. The van der Waals surface area contributed by atoms with E-state index in [-0.39, 0.29) is 11.9 Å². The molecule has 0 aliphatic carbocycles. The van der Waals surface area contributed by atoms with E-state index in [2.05, 4.69) is 15.1 Å². The number of imidazole rings is 1. The molecule has 24 heavy (non-hydrogen) atoms. The van der Waals surface area contributed by atoms with Crippen molar-refractivity contribution in [2.75, 3.05) is 6.54 Å². The van der Waals surface area contributed by atoms with Gasteiger partial charge in [0, 0.05) is 19.2 Å². The number of nitrogens with zero attached hydrogens (tertiary/aromatic N) is 6. The van der Waals surface area contributed by atoms with Gasteiger partial charge in [-0.15, -0.1) is 0 Å². The van der Waals surface area contributed by atoms with Crippen molar-refractivity contribution >= 4 is 5.91 Å². The minimum atomic E-state index is -0.133. The summed E-state index contributed by atoms with van der Waals surface area (Å²) in [5, 5.41) is 4.60. The number of aromatic nitrogens is 5. The number of hydrogen-bond donors (Lipinski definition) is 0. The lowest BCUT2D eigenvalue weighted by Gasteiger charge is -2.32. The quantitative estimate of drug-likeness (QED) is 0.722. The highest BCUT2D eigenvalue weighted by Gasteiger charge is 2.32. The molecule has 1 amide bonds. The second kappa shape index (κ2) is 5.59. The summed E-state index contributed by atoms with van der Waals surface area (Å²) in [7, 11) is 1.82. The fourth-order valence-electron chi connectivity index (χ4n) is 3.06. The van der Waals surface area contributed by atoms with Crippen LogP contribution in [0.4, 0.5) is 0 Å². The predicted molar refractivity (Wildman–Crippen MR) is 88.1 cm³/mol. The van der Waals surface area contributed by atoms with Crippen LogP contribution < -0.4 is 0 Å². The van der Waals surface area contributed by atoms with Crippen LogP contribution in [0.15, 0.2) is 42.9 Å². The van der Waals surface area contributed by atoms with Crippen molar-refractivity contribution < 1.29 is 4.79 Å². The summed E-state index contributed by atoms with van der Waals surface area (Å²) in [6, 6.07) is 9.76. The highest BCUT2D eigenvalue weighted by molar-refractivity contribution is 5.92. The first kappa shape index (κ1) is 14.6. The molecule has 7 nitrogen and oxygen atoms in total. The maximum Gasteiger partial charge on any atom is 0.272 e. The maximum absolute atomic E-state index is 12.8. The third-order valence-corrected chi connectivity index (χ3v) is 4.42. The molecule has 0 bridgehead atoms. The molecule has 7 heteroatoms. The van der Waals surface area contributed by atoms with Gasteiger partial charge in [0.25, 0.3) is 5.91 Å². The summed E-state index contributed by atoms with van der Waals surface area (Å²) in [5.41, 5.74) is 1.56. The first-order valence-corrected chi connectivity index (χ1v) is 7.92. The topological polar surface area (TPSA) is 68.8 Å². The van der Waals surface area contributed by atoms with Crippen LogP contribution in [0.2, 0.25) is 0 Å². The number of amides is 1. The standard InChI is InChI=1S/C17H18N6O/c1-12-16-19-15(13-6-4-3-5-7-13)20-23(16)9-8-22(12)17(24)14-10-18-11-21(14)2/h3-7,10-12H,8-9H2,1-2H3/t12-/m0/s1. The number of fused-ring (bicyclic) bond motifs is 1. The van der Waals surface area contributed by atoms with Crippen molar-refractivity contribution in [2.45, 2.75) is 19.5 Å². The zero-order chi connectivity index (χ0) is 16.7. The monoisotopic (exact) mass is 322 g/mol. The lowest BCUT2D eigenvalue weighted by atomic mass is 10.2. The lowest BCUT2D eigenvalue weighted by molar-refractivity contribution is 0.0621. The van der Waals surface area contributed by atoms with E-state index in [0.717, 1.165) is 11.4 Å². The number of benzene rings is 1. The van der Waals surface area contributed by atoms with E-state index in [4.69, 9.17) is 0 Å². The molecule has 2 aromatic heterocycles. The summed E-state index contributed by atoms with van der Waals surface area (Å²) in [6.07, 6.45) is 3.24. The van der Waals surface area contributed by atoms with Gasteiger partial charge in [0.15, 0.2) is 5.82 Å². The largest absolute Gasteiger partial charge is 0.330 e. The van der Waals surface area contributed by atoms with Gasteiger partial charge < -0.3 is 9.47 Å². The van der Waals surface area contributed by atoms with Crippen LogP contribution in [-0.4, -0.2) is 41.7 Å². The summed E-state index contributed by atoms with van der Waals surface area (Å²) in [6.45, 7) is 3.24. The van der Waals surface area contributed by atoms with E-state index in [1.165, 1.54) is 0 Å². The molecule has 0 radical (unpaired) electrons. The first-order valence-electron chi connectivity index (χ1n) is 7.92. The molecule has 1 aromatic carbocycles. The van der Waals surface area contributed by atoms with Gasteiger partial charge in [-0.1, -0.05) is 30.3 Å². The van der Waals surface area contributed by atoms with E-state index < -0.39 is 0 Å². The Bertz CT molecular complexity index is 882. The fraction of sp³-hybridized carbons (Fsp3) is 0.294. The van der Waals surface area contributed by atoms with Crippen LogP contribution in [0.3, 0.4) is 0 Å². The Morgan fingerprint density at radius 2 is 2.00 bits per heavy atom. The molecular weight excluding hydrogens is 304 g/mol. The third-order valence-electron chi connectivity index (χ3n) is 4.42. The minimum Gasteiger partial charge on any atom is -0.330 e. The van der Waals surface area contributed by atoms with Crippen molar-refractivity contribution in [1.82, 2.24) is 29.2 Å². The smallest absolute Gasteiger partial charge is 0.272 e. The summed E-state index contributed by atoms with van der Waals surface area (Å²) >= 11 is 0. The van der Waals surface area contributed by atoms with Crippen molar-refractivity contribution in [2.24, 2.45) is 7.05 Å². The highest BCUT2D eigenvalue weighted by atomic mass is 16.2. The zero-order valence-corrected chi connectivity index (χ0v) is 13.6. The van der Waals surface area contributed by atoms with Crippen molar-refractivity contribution in [3.05, 3.63) is 54.4 Å². The predicted octanol–water partition coefficient (Wildman–Crippen LogP) is 1.90. The summed E-state index contributed by atoms with van der Waals surface area (Å²) in [5.74, 6) is 1.49. The minimum absolute atomic E-state index is 0.0296. The van der Waals surface area contributed by atoms with Crippen molar-refractivity contribution in [3.8, 4) is 11.4 Å². The molecule has 0 fully saturated rings. The second-order valence-corrected chi connectivity index (χ2v) is 5.95. The molecule has 1 atom stereocenters. The Kier molecular flexibility index (Phi) is 3.41. The van der Waals surface area contributed by atoms with E-state index in [9.17, 15) is 4.79 Å². The van der Waals surface area contributed by atoms with Gasteiger partial charge in [-0.2, -0.15) is 5.10 Å². The molecule has 0 saturated carbocycles. The Balaban J connectivity index is 1.65. The van der Waals surface area contributed by atoms with Gasteiger partial charge in [0.1, 0.15) is 11.5 Å². The first-order chi connectivity index (χ1) is 11.6. The Labute approximate surface area is 139 Å². The van der Waals surface area contributed by atoms with E-state index in [1.807, 2.05) is 53.9 Å². The molecule has 122 valence electrons.